The Morgan fingerprint density at radius 3 is 2.41 bits per heavy atom. The van der Waals surface area contributed by atoms with Crippen molar-refractivity contribution in [2.45, 2.75) is 50.6 Å². The van der Waals surface area contributed by atoms with Crippen LogP contribution in [0.1, 0.15) is 43.4 Å². The SMILES string of the molecule is O=C1CC(=O)C2CN(c3nc(OCC45CCCN4CCC5)nc4c3CCN(c3cccc5cccc(Cl)c35)C4)CC12. The van der Waals surface area contributed by atoms with E-state index in [1.807, 2.05) is 12.1 Å². The van der Waals surface area contributed by atoms with Gasteiger partial charge < -0.3 is 14.5 Å². The van der Waals surface area contributed by atoms with Crippen LogP contribution < -0.4 is 14.5 Å². The second-order valence-corrected chi connectivity index (χ2v) is 12.9. The van der Waals surface area contributed by atoms with Gasteiger partial charge >= 0.3 is 6.01 Å². The van der Waals surface area contributed by atoms with Crippen molar-refractivity contribution in [3.05, 3.63) is 52.7 Å². The molecule has 0 bridgehead atoms. The minimum Gasteiger partial charge on any atom is -0.461 e. The first kappa shape index (κ1) is 25.5. The van der Waals surface area contributed by atoms with Crippen molar-refractivity contribution in [1.29, 1.82) is 0 Å². The highest BCUT2D eigenvalue weighted by atomic mass is 35.5. The number of aromatic nitrogens is 2. The standard InChI is InChI=1S/C32H34ClN5O3/c33-24-7-1-5-20-6-2-8-26(29(20)24)36-14-9-21-25(18-36)34-31(41-19-32-10-3-12-38(32)13-4-11-32)35-30(21)37-16-22-23(17-37)28(40)15-27(22)39/h1-2,5-8,22-23H,3-4,9-19H2. The summed E-state index contributed by atoms with van der Waals surface area (Å²) in [6, 6.07) is 12.7. The first-order valence-corrected chi connectivity index (χ1v) is 15.4. The van der Waals surface area contributed by atoms with Gasteiger partial charge in [-0.05, 0) is 62.7 Å². The summed E-state index contributed by atoms with van der Waals surface area (Å²) in [6.45, 7) is 5.36. The fraction of sp³-hybridized carbons (Fsp3) is 0.500. The fourth-order valence-corrected chi connectivity index (χ4v) is 8.46. The maximum absolute atomic E-state index is 12.6. The van der Waals surface area contributed by atoms with E-state index < -0.39 is 0 Å². The van der Waals surface area contributed by atoms with Crippen LogP contribution >= 0.6 is 11.6 Å². The molecule has 0 spiro atoms. The minimum absolute atomic E-state index is 0.0718. The number of carbonyl (C=O) groups is 2. The molecule has 1 aromatic heterocycles. The van der Waals surface area contributed by atoms with Gasteiger partial charge in [-0.1, -0.05) is 35.9 Å². The van der Waals surface area contributed by atoms with Crippen molar-refractivity contribution in [3.8, 4) is 6.01 Å². The van der Waals surface area contributed by atoms with Gasteiger partial charge in [-0.15, -0.1) is 0 Å². The Labute approximate surface area is 244 Å². The second kappa shape index (κ2) is 9.66. The number of rotatable bonds is 5. The molecule has 0 amide bonds. The third-order valence-corrected chi connectivity index (χ3v) is 10.6. The van der Waals surface area contributed by atoms with E-state index in [9.17, 15) is 9.59 Å². The number of Topliss-reactive ketones (excluding diaryl/α,β-unsaturated/α-hetero) is 2. The van der Waals surface area contributed by atoms with E-state index in [1.165, 1.54) is 12.8 Å². The Bertz CT molecular complexity index is 1540. The molecule has 2 aromatic carbocycles. The molecule has 4 fully saturated rings. The van der Waals surface area contributed by atoms with E-state index in [2.05, 4.69) is 39.0 Å². The molecule has 4 aliphatic heterocycles. The molecule has 0 N–H and O–H groups in total. The van der Waals surface area contributed by atoms with Crippen LogP contribution in [0.4, 0.5) is 11.5 Å². The minimum atomic E-state index is -0.222. The van der Waals surface area contributed by atoms with Gasteiger partial charge in [0.05, 0.1) is 29.2 Å². The van der Waals surface area contributed by atoms with Gasteiger partial charge in [0, 0.05) is 48.1 Å². The number of hydrogen-bond acceptors (Lipinski definition) is 8. The Hall–Kier alpha value is -3.23. The van der Waals surface area contributed by atoms with Crippen molar-refractivity contribution in [2.24, 2.45) is 11.8 Å². The van der Waals surface area contributed by atoms with Crippen LogP contribution in [0.25, 0.3) is 10.8 Å². The lowest BCUT2D eigenvalue weighted by Crippen LogP contribution is -2.43. The summed E-state index contributed by atoms with van der Waals surface area (Å²) in [5.74, 6) is 0.535. The summed E-state index contributed by atoms with van der Waals surface area (Å²) >= 11 is 6.70. The molecule has 2 unspecified atom stereocenters. The van der Waals surface area contributed by atoms with Gasteiger partial charge in [0.2, 0.25) is 0 Å². The van der Waals surface area contributed by atoms with Crippen LogP contribution in [0.3, 0.4) is 0 Å². The predicted octanol–water partition coefficient (Wildman–Crippen LogP) is 4.45. The first-order valence-electron chi connectivity index (χ1n) is 15.0. The van der Waals surface area contributed by atoms with Gasteiger partial charge in [0.1, 0.15) is 24.0 Å². The fourth-order valence-electron chi connectivity index (χ4n) is 8.18. The topological polar surface area (TPSA) is 78.9 Å². The highest BCUT2D eigenvalue weighted by Gasteiger charge is 2.49. The molecule has 1 aliphatic carbocycles. The van der Waals surface area contributed by atoms with Crippen molar-refractivity contribution in [3.63, 3.8) is 0 Å². The van der Waals surface area contributed by atoms with Gasteiger partial charge in [-0.25, -0.2) is 0 Å². The average molecular weight is 572 g/mol. The number of nitrogens with zero attached hydrogens (tertiary/aromatic N) is 5. The van der Waals surface area contributed by atoms with Crippen LogP contribution in [0.15, 0.2) is 36.4 Å². The molecule has 8 nitrogen and oxygen atoms in total. The average Bonchev–Trinajstić information content (AvgIpc) is 3.74. The Kier molecular flexibility index (Phi) is 6.01. The maximum atomic E-state index is 12.6. The lowest BCUT2D eigenvalue weighted by atomic mass is 9.95. The van der Waals surface area contributed by atoms with Crippen molar-refractivity contribution < 1.29 is 14.3 Å². The van der Waals surface area contributed by atoms with E-state index in [0.29, 0.717) is 32.3 Å². The number of benzene rings is 2. The number of hydrogen-bond donors (Lipinski definition) is 0. The Morgan fingerprint density at radius 1 is 0.927 bits per heavy atom. The molecule has 3 saturated heterocycles. The molecule has 8 rings (SSSR count). The summed E-state index contributed by atoms with van der Waals surface area (Å²) in [6.07, 6.45) is 5.57. The number of ether oxygens (including phenoxy) is 1. The molecular weight excluding hydrogens is 538 g/mol. The monoisotopic (exact) mass is 571 g/mol. The highest BCUT2D eigenvalue weighted by Crippen LogP contribution is 2.42. The lowest BCUT2D eigenvalue weighted by molar-refractivity contribution is -0.123. The van der Waals surface area contributed by atoms with Crippen LogP contribution in [0.5, 0.6) is 6.01 Å². The molecule has 9 heteroatoms. The lowest BCUT2D eigenvalue weighted by Gasteiger charge is -2.34. The smallest absolute Gasteiger partial charge is 0.318 e. The second-order valence-electron chi connectivity index (χ2n) is 12.5. The molecule has 0 radical (unpaired) electrons. The zero-order chi connectivity index (χ0) is 27.7. The third kappa shape index (κ3) is 4.13. The van der Waals surface area contributed by atoms with E-state index in [-0.39, 0.29) is 35.4 Å². The largest absolute Gasteiger partial charge is 0.461 e. The molecule has 212 valence electrons. The molecule has 5 aliphatic rings. The van der Waals surface area contributed by atoms with Crippen LogP contribution in [-0.4, -0.2) is 71.3 Å². The first-order chi connectivity index (χ1) is 20.0. The van der Waals surface area contributed by atoms with Gasteiger partial charge in [0.25, 0.3) is 0 Å². The summed E-state index contributed by atoms with van der Waals surface area (Å²) < 4.78 is 6.46. The number of ketones is 2. The van der Waals surface area contributed by atoms with E-state index in [1.54, 1.807) is 0 Å². The normalized spacial score (nSPS) is 25.2. The molecule has 41 heavy (non-hydrogen) atoms. The van der Waals surface area contributed by atoms with Crippen LogP contribution in [0, 0.1) is 11.8 Å². The molecule has 3 aromatic rings. The van der Waals surface area contributed by atoms with Crippen molar-refractivity contribution >= 4 is 45.4 Å². The summed E-state index contributed by atoms with van der Waals surface area (Å²) in [7, 11) is 0. The van der Waals surface area contributed by atoms with Gasteiger partial charge in [0.15, 0.2) is 0 Å². The number of anilines is 2. The zero-order valence-corrected chi connectivity index (χ0v) is 23.9. The summed E-state index contributed by atoms with van der Waals surface area (Å²) in [5.41, 5.74) is 3.23. The number of carbonyl (C=O) groups excluding carboxylic acids is 2. The predicted molar refractivity (Wildman–Crippen MR) is 158 cm³/mol. The Morgan fingerprint density at radius 2 is 1.66 bits per heavy atom. The quantitative estimate of drug-likeness (QED) is 0.416. The highest BCUT2D eigenvalue weighted by molar-refractivity contribution is 6.36. The molecule has 2 atom stereocenters. The van der Waals surface area contributed by atoms with Gasteiger partial charge in [-0.2, -0.15) is 9.97 Å². The van der Waals surface area contributed by atoms with Crippen LogP contribution in [-0.2, 0) is 22.6 Å². The van der Waals surface area contributed by atoms with Crippen molar-refractivity contribution in [1.82, 2.24) is 14.9 Å². The zero-order valence-electron chi connectivity index (χ0n) is 23.1. The van der Waals surface area contributed by atoms with E-state index in [0.717, 1.165) is 77.5 Å². The third-order valence-electron chi connectivity index (χ3n) is 10.3. The summed E-state index contributed by atoms with van der Waals surface area (Å²) in [5, 5.41) is 2.91. The molecule has 5 heterocycles. The maximum Gasteiger partial charge on any atom is 0.318 e. The van der Waals surface area contributed by atoms with Gasteiger partial charge in [-0.3, -0.25) is 14.5 Å². The van der Waals surface area contributed by atoms with Crippen LogP contribution in [0.2, 0.25) is 5.02 Å². The number of fused-ring (bicyclic) bond motifs is 4. The van der Waals surface area contributed by atoms with E-state index >= 15 is 0 Å². The number of halogens is 1. The molecular formula is C32H34ClN5O3. The Balaban J connectivity index is 1.15. The van der Waals surface area contributed by atoms with E-state index in [4.69, 9.17) is 26.3 Å². The summed E-state index contributed by atoms with van der Waals surface area (Å²) in [4.78, 5) is 42.2. The molecule has 1 saturated carbocycles. The van der Waals surface area contributed by atoms with Crippen molar-refractivity contribution in [2.75, 3.05) is 49.1 Å².